The fourth-order valence-electron chi connectivity index (χ4n) is 3.62. The second-order valence-electron chi connectivity index (χ2n) is 6.51. The number of anilines is 1. The summed E-state index contributed by atoms with van der Waals surface area (Å²) >= 11 is 0. The Morgan fingerprint density at radius 1 is 1.26 bits per heavy atom. The van der Waals surface area contributed by atoms with E-state index in [1.807, 2.05) is 25.1 Å². The lowest BCUT2D eigenvalue weighted by Gasteiger charge is -2.20. The van der Waals surface area contributed by atoms with E-state index in [0.717, 1.165) is 34.9 Å². The third kappa shape index (κ3) is 2.65. The molecule has 1 unspecified atom stereocenters. The van der Waals surface area contributed by atoms with Crippen molar-refractivity contribution in [3.63, 3.8) is 0 Å². The van der Waals surface area contributed by atoms with E-state index >= 15 is 0 Å². The van der Waals surface area contributed by atoms with Crippen LogP contribution in [0.1, 0.15) is 25.0 Å². The number of hydrogen-bond donors (Lipinski definition) is 1. The summed E-state index contributed by atoms with van der Waals surface area (Å²) in [5, 5.41) is 3.61. The molecule has 1 aliphatic heterocycles. The number of para-hydroxylation sites is 2. The molecule has 4 rings (SSSR count). The van der Waals surface area contributed by atoms with Gasteiger partial charge < -0.3 is 10.2 Å². The molecule has 0 aliphatic carbocycles. The van der Waals surface area contributed by atoms with Crippen LogP contribution in [0.4, 0.5) is 5.82 Å². The minimum Gasteiger partial charge on any atom is -0.371 e. The maximum atomic E-state index is 4.64. The van der Waals surface area contributed by atoms with Gasteiger partial charge in [-0.2, -0.15) is 0 Å². The van der Waals surface area contributed by atoms with E-state index in [-0.39, 0.29) is 0 Å². The highest BCUT2D eigenvalue weighted by Crippen LogP contribution is 2.22. The highest BCUT2D eigenvalue weighted by molar-refractivity contribution is 5.81. The lowest BCUT2D eigenvalue weighted by molar-refractivity contribution is 0.301. The SMILES string of the molecule is Cc1cc(NCCC2CCCN2C)n2c(n1)nc1ccccc12. The maximum Gasteiger partial charge on any atom is 0.236 e. The highest BCUT2D eigenvalue weighted by atomic mass is 15.2. The minimum atomic E-state index is 0.709. The van der Waals surface area contributed by atoms with Crippen LogP contribution in [0, 0.1) is 6.92 Å². The molecule has 1 N–H and O–H groups in total. The van der Waals surface area contributed by atoms with Crippen LogP contribution in [-0.4, -0.2) is 45.4 Å². The first-order chi connectivity index (χ1) is 11.2. The Kier molecular flexibility index (Phi) is 3.65. The van der Waals surface area contributed by atoms with Gasteiger partial charge in [-0.1, -0.05) is 12.1 Å². The van der Waals surface area contributed by atoms with Crippen molar-refractivity contribution in [3.8, 4) is 0 Å². The molecule has 3 heterocycles. The summed E-state index contributed by atoms with van der Waals surface area (Å²) in [4.78, 5) is 11.7. The average molecular weight is 309 g/mol. The zero-order valence-electron chi connectivity index (χ0n) is 13.8. The van der Waals surface area contributed by atoms with E-state index < -0.39 is 0 Å². The Morgan fingerprint density at radius 2 is 2.13 bits per heavy atom. The Labute approximate surface area is 136 Å². The number of nitrogens with one attached hydrogen (secondary N) is 1. The van der Waals surface area contributed by atoms with Gasteiger partial charge in [-0.25, -0.2) is 9.97 Å². The van der Waals surface area contributed by atoms with E-state index in [1.165, 1.54) is 25.8 Å². The number of aromatic nitrogens is 3. The van der Waals surface area contributed by atoms with Crippen molar-refractivity contribution in [2.24, 2.45) is 0 Å². The van der Waals surface area contributed by atoms with Crippen LogP contribution in [0.15, 0.2) is 30.3 Å². The molecule has 0 spiro atoms. The second-order valence-corrected chi connectivity index (χ2v) is 6.51. The Hall–Kier alpha value is -2.14. The van der Waals surface area contributed by atoms with Crippen molar-refractivity contribution in [2.75, 3.05) is 25.5 Å². The van der Waals surface area contributed by atoms with Crippen LogP contribution in [0.25, 0.3) is 16.8 Å². The van der Waals surface area contributed by atoms with Crippen LogP contribution in [-0.2, 0) is 0 Å². The molecule has 1 fully saturated rings. The topological polar surface area (TPSA) is 45.5 Å². The molecule has 0 bridgehead atoms. The third-order valence-corrected chi connectivity index (χ3v) is 4.86. The van der Waals surface area contributed by atoms with Gasteiger partial charge >= 0.3 is 0 Å². The van der Waals surface area contributed by atoms with Crippen LogP contribution in [0.3, 0.4) is 0 Å². The van der Waals surface area contributed by atoms with Crippen molar-refractivity contribution in [3.05, 3.63) is 36.0 Å². The van der Waals surface area contributed by atoms with Crippen molar-refractivity contribution in [1.29, 1.82) is 0 Å². The molecule has 1 aromatic carbocycles. The fraction of sp³-hybridized carbons (Fsp3) is 0.444. The maximum absolute atomic E-state index is 4.64. The standard InChI is InChI=1S/C18H23N5/c1-13-12-17(19-10-9-14-6-5-11-22(14)2)23-16-8-4-3-7-15(16)21-18(23)20-13/h3-4,7-8,12,14,19H,5-6,9-11H2,1-2H3. The molecule has 1 saturated heterocycles. The average Bonchev–Trinajstić information content (AvgIpc) is 3.10. The number of likely N-dealkylation sites (tertiary alicyclic amines) is 1. The molecule has 5 heteroatoms. The highest BCUT2D eigenvalue weighted by Gasteiger charge is 2.20. The summed E-state index contributed by atoms with van der Waals surface area (Å²) < 4.78 is 2.13. The largest absolute Gasteiger partial charge is 0.371 e. The van der Waals surface area contributed by atoms with E-state index in [0.29, 0.717) is 6.04 Å². The van der Waals surface area contributed by atoms with Gasteiger partial charge in [0.15, 0.2) is 0 Å². The predicted molar refractivity (Wildman–Crippen MR) is 94.0 cm³/mol. The minimum absolute atomic E-state index is 0.709. The normalized spacial score (nSPS) is 19.0. The summed E-state index contributed by atoms with van der Waals surface area (Å²) in [6.07, 6.45) is 3.81. The molecule has 1 aliphatic rings. The zero-order valence-corrected chi connectivity index (χ0v) is 13.8. The first kappa shape index (κ1) is 14.5. The number of aryl methyl sites for hydroxylation is 1. The number of rotatable bonds is 4. The lowest BCUT2D eigenvalue weighted by atomic mass is 10.1. The summed E-state index contributed by atoms with van der Waals surface area (Å²) in [6.45, 7) is 4.23. The molecule has 2 aromatic heterocycles. The first-order valence-corrected chi connectivity index (χ1v) is 8.41. The molecule has 0 saturated carbocycles. The van der Waals surface area contributed by atoms with Crippen LogP contribution in [0.2, 0.25) is 0 Å². The summed E-state index contributed by atoms with van der Waals surface area (Å²) in [7, 11) is 2.23. The van der Waals surface area contributed by atoms with Crippen LogP contribution >= 0.6 is 0 Å². The van der Waals surface area contributed by atoms with Gasteiger partial charge in [0.1, 0.15) is 5.82 Å². The second kappa shape index (κ2) is 5.81. The summed E-state index contributed by atoms with van der Waals surface area (Å²) in [6, 6.07) is 11.0. The Morgan fingerprint density at radius 3 is 2.96 bits per heavy atom. The van der Waals surface area contributed by atoms with Gasteiger partial charge in [-0.05, 0) is 51.9 Å². The van der Waals surface area contributed by atoms with Gasteiger partial charge in [0.05, 0.1) is 11.0 Å². The van der Waals surface area contributed by atoms with E-state index in [2.05, 4.69) is 43.8 Å². The molecule has 0 amide bonds. The van der Waals surface area contributed by atoms with E-state index in [4.69, 9.17) is 0 Å². The molecule has 0 radical (unpaired) electrons. The lowest BCUT2D eigenvalue weighted by Crippen LogP contribution is -2.27. The number of hydrogen-bond acceptors (Lipinski definition) is 4. The van der Waals surface area contributed by atoms with Crippen molar-refractivity contribution in [2.45, 2.75) is 32.2 Å². The molecule has 23 heavy (non-hydrogen) atoms. The quantitative estimate of drug-likeness (QED) is 0.804. The predicted octanol–water partition coefficient (Wildman–Crippen LogP) is 3.09. The van der Waals surface area contributed by atoms with Gasteiger partial charge in [0.2, 0.25) is 5.78 Å². The molecule has 3 aromatic rings. The molecular weight excluding hydrogens is 286 g/mol. The van der Waals surface area contributed by atoms with Crippen LogP contribution < -0.4 is 5.32 Å². The van der Waals surface area contributed by atoms with Crippen molar-refractivity contribution < 1.29 is 0 Å². The van der Waals surface area contributed by atoms with Gasteiger partial charge in [-0.15, -0.1) is 0 Å². The Bertz CT molecular complexity index is 838. The third-order valence-electron chi connectivity index (χ3n) is 4.86. The zero-order chi connectivity index (χ0) is 15.8. The smallest absolute Gasteiger partial charge is 0.236 e. The number of fused-ring (bicyclic) bond motifs is 3. The monoisotopic (exact) mass is 309 g/mol. The summed E-state index contributed by atoms with van der Waals surface area (Å²) in [5.74, 6) is 1.86. The molecule has 1 atom stereocenters. The number of nitrogens with zero attached hydrogens (tertiary/aromatic N) is 4. The van der Waals surface area contributed by atoms with Gasteiger partial charge in [0, 0.05) is 24.3 Å². The van der Waals surface area contributed by atoms with E-state index in [9.17, 15) is 0 Å². The van der Waals surface area contributed by atoms with Gasteiger partial charge in [-0.3, -0.25) is 4.40 Å². The molecular formula is C18H23N5. The van der Waals surface area contributed by atoms with Crippen LogP contribution in [0.5, 0.6) is 0 Å². The number of benzene rings is 1. The fourth-order valence-corrected chi connectivity index (χ4v) is 3.62. The van der Waals surface area contributed by atoms with Crippen molar-refractivity contribution in [1.82, 2.24) is 19.3 Å². The van der Waals surface area contributed by atoms with Gasteiger partial charge in [0.25, 0.3) is 0 Å². The molecule has 120 valence electrons. The summed E-state index contributed by atoms with van der Waals surface area (Å²) in [5.41, 5.74) is 3.09. The van der Waals surface area contributed by atoms with E-state index in [1.54, 1.807) is 0 Å². The molecule has 5 nitrogen and oxygen atoms in total. The first-order valence-electron chi connectivity index (χ1n) is 8.41. The number of imidazole rings is 1. The Balaban J connectivity index is 1.63. The van der Waals surface area contributed by atoms with Crippen molar-refractivity contribution >= 4 is 22.6 Å².